The Kier molecular flexibility index (Phi) is 7.85. The molecule has 0 unspecified atom stereocenters. The Bertz CT molecular complexity index is 1620. The zero-order valence-electron chi connectivity index (χ0n) is 23.9. The van der Waals surface area contributed by atoms with E-state index in [4.69, 9.17) is 11.6 Å². The van der Waals surface area contributed by atoms with E-state index in [-0.39, 0.29) is 37.4 Å². The number of fused-ring (bicyclic) bond motifs is 2. The maximum atomic E-state index is 14.0. The highest BCUT2D eigenvalue weighted by Crippen LogP contribution is 2.47. The van der Waals surface area contributed by atoms with Crippen LogP contribution in [0.25, 0.3) is 0 Å². The molecule has 1 fully saturated rings. The minimum absolute atomic E-state index is 0.0693. The number of carbonyl (C=O) groups is 3. The van der Waals surface area contributed by atoms with Crippen molar-refractivity contribution in [3.63, 3.8) is 0 Å². The van der Waals surface area contributed by atoms with E-state index in [0.29, 0.717) is 42.2 Å². The van der Waals surface area contributed by atoms with Crippen LogP contribution in [0.1, 0.15) is 42.0 Å². The summed E-state index contributed by atoms with van der Waals surface area (Å²) < 4.78 is 0. The number of nitrogens with zero attached hydrogens (tertiary/aromatic N) is 3. The SMILES string of the molecule is C[C@H](/C=C/CC(=O)N1Cc2ccccc2C[C@H]1CO)[C@@]1(O)C(=O)N(Cc2cccc(N3CCC3=O)c2)c2ccc(Cl)cc21. The molecule has 9 heteroatoms. The second-order valence-corrected chi connectivity index (χ2v) is 12.0. The van der Waals surface area contributed by atoms with Crippen molar-refractivity contribution in [2.75, 3.05) is 23.0 Å². The lowest BCUT2D eigenvalue weighted by atomic mass is 9.83. The van der Waals surface area contributed by atoms with Gasteiger partial charge in [-0.15, -0.1) is 0 Å². The molecular weight excluding hydrogens is 566 g/mol. The number of hydrogen-bond donors (Lipinski definition) is 2. The van der Waals surface area contributed by atoms with Crippen LogP contribution < -0.4 is 9.80 Å². The molecule has 0 saturated carbocycles. The van der Waals surface area contributed by atoms with Crippen molar-refractivity contribution < 1.29 is 24.6 Å². The lowest BCUT2D eigenvalue weighted by Crippen LogP contribution is -2.46. The van der Waals surface area contributed by atoms with Gasteiger partial charge in [-0.05, 0) is 53.4 Å². The summed E-state index contributed by atoms with van der Waals surface area (Å²) >= 11 is 6.33. The third-order valence-corrected chi connectivity index (χ3v) is 9.14. The Morgan fingerprint density at radius 2 is 1.88 bits per heavy atom. The van der Waals surface area contributed by atoms with Crippen LogP contribution in [0, 0.1) is 5.92 Å². The van der Waals surface area contributed by atoms with Gasteiger partial charge in [-0.1, -0.05) is 67.1 Å². The molecule has 3 aliphatic rings. The van der Waals surface area contributed by atoms with Crippen molar-refractivity contribution in [3.05, 3.63) is 106 Å². The van der Waals surface area contributed by atoms with E-state index in [1.807, 2.05) is 48.5 Å². The second-order valence-electron chi connectivity index (χ2n) is 11.5. The summed E-state index contributed by atoms with van der Waals surface area (Å²) in [5.41, 5.74) is 2.91. The molecule has 3 aromatic rings. The van der Waals surface area contributed by atoms with E-state index in [1.165, 1.54) is 0 Å². The minimum atomic E-state index is -1.89. The van der Waals surface area contributed by atoms with Crippen LogP contribution in [0.4, 0.5) is 11.4 Å². The topological polar surface area (TPSA) is 101 Å². The van der Waals surface area contributed by atoms with E-state index < -0.39 is 17.4 Å². The summed E-state index contributed by atoms with van der Waals surface area (Å²) in [6, 6.07) is 20.2. The average molecular weight is 600 g/mol. The van der Waals surface area contributed by atoms with Gasteiger partial charge in [0, 0.05) is 48.1 Å². The van der Waals surface area contributed by atoms with Crippen LogP contribution >= 0.6 is 11.6 Å². The molecule has 3 aromatic carbocycles. The summed E-state index contributed by atoms with van der Waals surface area (Å²) in [5.74, 6) is -1.21. The van der Waals surface area contributed by atoms with Crippen molar-refractivity contribution in [2.45, 2.75) is 50.9 Å². The maximum Gasteiger partial charge on any atom is 0.264 e. The molecule has 0 radical (unpaired) electrons. The number of rotatable bonds is 8. The fourth-order valence-corrected chi connectivity index (χ4v) is 6.51. The van der Waals surface area contributed by atoms with Gasteiger partial charge in [0.05, 0.1) is 24.9 Å². The van der Waals surface area contributed by atoms with Gasteiger partial charge in [0.1, 0.15) is 0 Å². The number of β-lactam (4-membered cyclic amide) rings is 1. The number of aliphatic hydroxyl groups excluding tert-OH is 1. The van der Waals surface area contributed by atoms with Crippen LogP contribution in [-0.4, -0.2) is 52.0 Å². The number of amides is 3. The summed E-state index contributed by atoms with van der Waals surface area (Å²) in [4.78, 5) is 44.1. The molecule has 222 valence electrons. The van der Waals surface area contributed by atoms with Gasteiger partial charge in [-0.3, -0.25) is 14.4 Å². The average Bonchev–Trinajstić information content (AvgIpc) is 3.21. The lowest BCUT2D eigenvalue weighted by molar-refractivity contribution is -0.139. The Labute approximate surface area is 255 Å². The molecular formula is C34H34ClN3O5. The van der Waals surface area contributed by atoms with Gasteiger partial charge < -0.3 is 24.9 Å². The van der Waals surface area contributed by atoms with E-state index in [0.717, 1.165) is 22.4 Å². The molecule has 43 heavy (non-hydrogen) atoms. The normalized spacial score (nSPS) is 22.0. The summed E-state index contributed by atoms with van der Waals surface area (Å²) in [5, 5.41) is 22.4. The highest BCUT2D eigenvalue weighted by atomic mass is 35.5. The van der Waals surface area contributed by atoms with E-state index in [9.17, 15) is 24.6 Å². The molecule has 2 N–H and O–H groups in total. The minimum Gasteiger partial charge on any atom is -0.394 e. The smallest absolute Gasteiger partial charge is 0.264 e. The van der Waals surface area contributed by atoms with Crippen molar-refractivity contribution in [1.82, 2.24) is 4.90 Å². The van der Waals surface area contributed by atoms with Gasteiger partial charge >= 0.3 is 0 Å². The first-order valence-corrected chi connectivity index (χ1v) is 15.0. The predicted molar refractivity (Wildman–Crippen MR) is 164 cm³/mol. The molecule has 3 heterocycles. The molecule has 0 aromatic heterocycles. The number of carbonyl (C=O) groups excluding carboxylic acids is 3. The van der Waals surface area contributed by atoms with Crippen molar-refractivity contribution in [3.8, 4) is 0 Å². The lowest BCUT2D eigenvalue weighted by Gasteiger charge is -2.36. The van der Waals surface area contributed by atoms with Gasteiger partial charge in [0.2, 0.25) is 11.8 Å². The Morgan fingerprint density at radius 1 is 1.09 bits per heavy atom. The molecule has 1 saturated heterocycles. The standard InChI is InChI=1S/C34H34ClN3O5/c1-22(6-4-11-31(40)37-20-25-9-3-2-8-24(25)17-28(37)21-39)34(43)29-18-26(35)12-13-30(29)38(33(34)42)19-23-7-5-10-27(16-23)36-15-14-32(36)41/h2-10,12-13,16,18,22,28,39,43H,11,14-15,17,19-21H2,1H3/b6-4+/t22-,28+,34+/m1/s1. The first kappa shape index (κ1) is 29.1. The number of benzene rings is 3. The fraction of sp³-hybridized carbons (Fsp3) is 0.324. The monoisotopic (exact) mass is 599 g/mol. The first-order chi connectivity index (χ1) is 20.7. The first-order valence-electron chi connectivity index (χ1n) is 14.6. The van der Waals surface area contributed by atoms with Crippen LogP contribution in [-0.2, 0) is 39.5 Å². The third kappa shape index (κ3) is 5.24. The van der Waals surface area contributed by atoms with E-state index in [1.54, 1.807) is 52.0 Å². The fourth-order valence-electron chi connectivity index (χ4n) is 6.34. The maximum absolute atomic E-state index is 14.0. The Morgan fingerprint density at radius 3 is 2.60 bits per heavy atom. The zero-order valence-corrected chi connectivity index (χ0v) is 24.7. The number of anilines is 2. The van der Waals surface area contributed by atoms with E-state index in [2.05, 4.69) is 0 Å². The molecule has 0 spiro atoms. The number of hydrogen-bond acceptors (Lipinski definition) is 5. The summed E-state index contributed by atoms with van der Waals surface area (Å²) in [7, 11) is 0. The summed E-state index contributed by atoms with van der Waals surface area (Å²) in [6.45, 7) is 2.93. The molecule has 8 nitrogen and oxygen atoms in total. The molecule has 0 bridgehead atoms. The van der Waals surface area contributed by atoms with Gasteiger partial charge in [0.15, 0.2) is 5.60 Å². The zero-order chi connectivity index (χ0) is 30.3. The highest BCUT2D eigenvalue weighted by Gasteiger charge is 2.52. The van der Waals surface area contributed by atoms with Crippen molar-refractivity contribution in [1.29, 1.82) is 0 Å². The molecule has 3 aliphatic heterocycles. The van der Waals surface area contributed by atoms with Crippen molar-refractivity contribution in [2.24, 2.45) is 5.92 Å². The molecule has 3 amide bonds. The largest absolute Gasteiger partial charge is 0.394 e. The van der Waals surface area contributed by atoms with Crippen LogP contribution in [0.5, 0.6) is 0 Å². The number of aliphatic hydroxyl groups is 2. The molecule has 6 rings (SSSR count). The van der Waals surface area contributed by atoms with Crippen LogP contribution in [0.2, 0.25) is 5.02 Å². The highest BCUT2D eigenvalue weighted by molar-refractivity contribution is 6.31. The molecule has 0 aliphatic carbocycles. The third-order valence-electron chi connectivity index (χ3n) is 8.91. The Hall–Kier alpha value is -3.98. The van der Waals surface area contributed by atoms with Gasteiger partial charge in [-0.2, -0.15) is 0 Å². The molecule has 3 atom stereocenters. The predicted octanol–water partition coefficient (Wildman–Crippen LogP) is 4.34. The Balaban J connectivity index is 1.20. The number of halogens is 1. The van der Waals surface area contributed by atoms with Gasteiger partial charge in [0.25, 0.3) is 5.91 Å². The quantitative estimate of drug-likeness (QED) is 0.296. The van der Waals surface area contributed by atoms with Gasteiger partial charge in [-0.25, -0.2) is 0 Å². The van der Waals surface area contributed by atoms with Crippen molar-refractivity contribution >= 4 is 40.7 Å². The van der Waals surface area contributed by atoms with E-state index >= 15 is 0 Å². The van der Waals surface area contributed by atoms with Crippen LogP contribution in [0.15, 0.2) is 78.9 Å². The second kappa shape index (κ2) is 11.6. The summed E-state index contributed by atoms with van der Waals surface area (Å²) in [6.07, 6.45) is 4.58. The van der Waals surface area contributed by atoms with Crippen LogP contribution in [0.3, 0.4) is 0 Å².